The van der Waals surface area contributed by atoms with Crippen molar-refractivity contribution in [1.82, 2.24) is 9.78 Å². The highest BCUT2D eigenvalue weighted by atomic mass is 16.5. The van der Waals surface area contributed by atoms with E-state index in [0.717, 1.165) is 0 Å². The van der Waals surface area contributed by atoms with Crippen LogP contribution in [-0.2, 0) is 9.53 Å². The van der Waals surface area contributed by atoms with Crippen LogP contribution >= 0.6 is 0 Å². The van der Waals surface area contributed by atoms with Gasteiger partial charge in [0.1, 0.15) is 5.82 Å². The van der Waals surface area contributed by atoms with Gasteiger partial charge in [-0.1, -0.05) is 6.07 Å². The standard InChI is InChI=1S/C17H21N5O4/c1-10(2)22-14(7-8-19-22)21-15(23)11(3)26-16(24)12-5-4-6-13(9-12)20-17(18)25/h4-11H,1-3H3,(H,21,23)(H3,18,20,25)/t11-/m0/s1. The van der Waals surface area contributed by atoms with Gasteiger partial charge >= 0.3 is 12.0 Å². The van der Waals surface area contributed by atoms with Gasteiger partial charge in [0.25, 0.3) is 5.91 Å². The highest BCUT2D eigenvalue weighted by molar-refractivity contribution is 5.97. The number of urea groups is 1. The van der Waals surface area contributed by atoms with Crippen LogP contribution in [-0.4, -0.2) is 33.8 Å². The average Bonchev–Trinajstić information content (AvgIpc) is 3.02. The molecule has 1 aromatic heterocycles. The highest BCUT2D eigenvalue weighted by Crippen LogP contribution is 2.15. The van der Waals surface area contributed by atoms with Crippen LogP contribution in [0.4, 0.5) is 16.3 Å². The quantitative estimate of drug-likeness (QED) is 0.681. The second kappa shape index (κ2) is 8.15. The number of benzene rings is 1. The third-order valence-electron chi connectivity index (χ3n) is 3.43. The van der Waals surface area contributed by atoms with E-state index in [-0.39, 0.29) is 11.6 Å². The summed E-state index contributed by atoms with van der Waals surface area (Å²) in [4.78, 5) is 35.4. The number of carbonyl (C=O) groups is 3. The molecule has 2 rings (SSSR count). The molecule has 9 nitrogen and oxygen atoms in total. The first kappa shape index (κ1) is 19.0. The molecule has 3 amide bonds. The molecular formula is C17H21N5O4. The minimum atomic E-state index is -1.02. The molecule has 0 radical (unpaired) electrons. The summed E-state index contributed by atoms with van der Waals surface area (Å²) in [6.45, 7) is 5.33. The molecule has 0 fully saturated rings. The number of rotatable bonds is 6. The van der Waals surface area contributed by atoms with Crippen LogP contribution in [0.25, 0.3) is 0 Å². The molecule has 0 unspecified atom stereocenters. The number of hydrogen-bond donors (Lipinski definition) is 3. The van der Waals surface area contributed by atoms with Gasteiger partial charge in [0, 0.05) is 17.8 Å². The van der Waals surface area contributed by atoms with Crippen molar-refractivity contribution >= 4 is 29.4 Å². The average molecular weight is 359 g/mol. The largest absolute Gasteiger partial charge is 0.449 e. The molecule has 1 heterocycles. The van der Waals surface area contributed by atoms with Gasteiger partial charge in [-0.3, -0.25) is 4.79 Å². The molecule has 4 N–H and O–H groups in total. The monoisotopic (exact) mass is 359 g/mol. The zero-order valence-electron chi connectivity index (χ0n) is 14.7. The first-order valence-corrected chi connectivity index (χ1v) is 7.99. The fourth-order valence-corrected chi connectivity index (χ4v) is 2.20. The number of nitrogens with two attached hydrogens (primary N) is 1. The molecule has 0 aliphatic rings. The fourth-order valence-electron chi connectivity index (χ4n) is 2.20. The molecule has 0 aliphatic carbocycles. The number of esters is 1. The van der Waals surface area contributed by atoms with Crippen molar-refractivity contribution in [3.05, 3.63) is 42.1 Å². The molecule has 0 saturated heterocycles. The summed E-state index contributed by atoms with van der Waals surface area (Å²) in [5, 5.41) is 9.16. The number of carbonyl (C=O) groups excluding carboxylic acids is 3. The van der Waals surface area contributed by atoms with Gasteiger partial charge in [0.05, 0.1) is 11.8 Å². The van der Waals surface area contributed by atoms with Gasteiger partial charge in [-0.05, 0) is 39.0 Å². The summed E-state index contributed by atoms with van der Waals surface area (Å²) in [6, 6.07) is 7.03. The summed E-state index contributed by atoms with van der Waals surface area (Å²) >= 11 is 0. The third-order valence-corrected chi connectivity index (χ3v) is 3.43. The van der Waals surface area contributed by atoms with Gasteiger partial charge < -0.3 is 21.1 Å². The Hall–Kier alpha value is -3.36. The lowest BCUT2D eigenvalue weighted by atomic mass is 10.2. The molecule has 138 valence electrons. The molecule has 0 spiro atoms. The molecule has 0 saturated carbocycles. The van der Waals surface area contributed by atoms with Crippen LogP contribution < -0.4 is 16.4 Å². The summed E-state index contributed by atoms with van der Waals surface area (Å²) in [7, 11) is 0. The Bertz CT molecular complexity index is 815. The van der Waals surface area contributed by atoms with Gasteiger partial charge in [-0.2, -0.15) is 5.10 Å². The highest BCUT2D eigenvalue weighted by Gasteiger charge is 2.21. The Labute approximate surface area is 150 Å². The molecule has 0 aliphatic heterocycles. The van der Waals surface area contributed by atoms with Gasteiger partial charge in [0.2, 0.25) is 0 Å². The van der Waals surface area contributed by atoms with Crippen molar-refractivity contribution < 1.29 is 19.1 Å². The Kier molecular flexibility index (Phi) is 5.94. The number of aromatic nitrogens is 2. The fraction of sp³-hybridized carbons (Fsp3) is 0.294. The van der Waals surface area contributed by atoms with Crippen LogP contribution in [0.2, 0.25) is 0 Å². The topological polar surface area (TPSA) is 128 Å². The maximum Gasteiger partial charge on any atom is 0.338 e. The zero-order valence-corrected chi connectivity index (χ0v) is 14.7. The zero-order chi connectivity index (χ0) is 19.3. The predicted octanol–water partition coefficient (Wildman–Crippen LogP) is 2.14. The Morgan fingerprint density at radius 2 is 1.88 bits per heavy atom. The molecule has 1 atom stereocenters. The van der Waals surface area contributed by atoms with Crippen LogP contribution in [0.3, 0.4) is 0 Å². The first-order valence-electron chi connectivity index (χ1n) is 7.99. The Morgan fingerprint density at radius 1 is 1.15 bits per heavy atom. The van der Waals surface area contributed by atoms with Gasteiger partial charge in [-0.25, -0.2) is 14.3 Å². The number of hydrogen-bond acceptors (Lipinski definition) is 5. The molecule has 2 aromatic rings. The Balaban J connectivity index is 2.01. The van der Waals surface area contributed by atoms with E-state index < -0.39 is 24.0 Å². The van der Waals surface area contributed by atoms with E-state index in [1.807, 2.05) is 13.8 Å². The van der Waals surface area contributed by atoms with Crippen LogP contribution in [0, 0.1) is 0 Å². The molecular weight excluding hydrogens is 338 g/mol. The predicted molar refractivity (Wildman–Crippen MR) is 95.8 cm³/mol. The second-order valence-electron chi connectivity index (χ2n) is 5.86. The number of nitrogens with zero attached hydrogens (tertiary/aromatic N) is 2. The van der Waals surface area contributed by atoms with Gasteiger partial charge in [0.15, 0.2) is 6.10 Å². The lowest BCUT2D eigenvalue weighted by molar-refractivity contribution is -0.123. The first-order chi connectivity index (χ1) is 12.3. The minimum Gasteiger partial charge on any atom is -0.449 e. The number of amides is 3. The van der Waals surface area contributed by atoms with E-state index >= 15 is 0 Å². The van der Waals surface area contributed by atoms with E-state index in [1.54, 1.807) is 29.1 Å². The minimum absolute atomic E-state index is 0.0682. The normalized spacial score (nSPS) is 11.7. The van der Waals surface area contributed by atoms with E-state index in [2.05, 4.69) is 15.7 Å². The van der Waals surface area contributed by atoms with Crippen molar-refractivity contribution in [1.29, 1.82) is 0 Å². The summed E-state index contributed by atoms with van der Waals surface area (Å²) in [6.07, 6.45) is 0.551. The van der Waals surface area contributed by atoms with Crippen LogP contribution in [0.5, 0.6) is 0 Å². The number of anilines is 2. The number of nitrogens with one attached hydrogen (secondary N) is 2. The van der Waals surface area contributed by atoms with Crippen LogP contribution in [0.1, 0.15) is 37.2 Å². The Morgan fingerprint density at radius 3 is 2.54 bits per heavy atom. The SMILES string of the molecule is CC(C)n1nccc1NC(=O)[C@H](C)OC(=O)c1cccc(NC(N)=O)c1. The van der Waals surface area contributed by atoms with E-state index in [9.17, 15) is 14.4 Å². The summed E-state index contributed by atoms with van der Waals surface area (Å²) in [5.41, 5.74) is 5.58. The molecule has 26 heavy (non-hydrogen) atoms. The smallest absolute Gasteiger partial charge is 0.338 e. The van der Waals surface area contributed by atoms with E-state index in [0.29, 0.717) is 11.5 Å². The molecule has 1 aromatic carbocycles. The van der Waals surface area contributed by atoms with E-state index in [1.165, 1.54) is 19.1 Å². The number of ether oxygens (including phenoxy) is 1. The van der Waals surface area contributed by atoms with Crippen LogP contribution in [0.15, 0.2) is 36.5 Å². The summed E-state index contributed by atoms with van der Waals surface area (Å²) in [5.74, 6) is -0.661. The van der Waals surface area contributed by atoms with E-state index in [4.69, 9.17) is 10.5 Å². The lowest BCUT2D eigenvalue weighted by Crippen LogP contribution is -2.31. The third kappa shape index (κ3) is 4.82. The lowest BCUT2D eigenvalue weighted by Gasteiger charge is -2.16. The number of primary amides is 1. The van der Waals surface area contributed by atoms with Crippen molar-refractivity contribution in [2.24, 2.45) is 5.73 Å². The maximum absolute atomic E-state index is 12.3. The van der Waals surface area contributed by atoms with Crippen molar-refractivity contribution in [2.75, 3.05) is 10.6 Å². The van der Waals surface area contributed by atoms with Gasteiger partial charge in [-0.15, -0.1) is 0 Å². The van der Waals surface area contributed by atoms with Crippen molar-refractivity contribution in [3.63, 3.8) is 0 Å². The summed E-state index contributed by atoms with van der Waals surface area (Å²) < 4.78 is 6.83. The molecule has 9 heteroatoms. The maximum atomic E-state index is 12.3. The van der Waals surface area contributed by atoms with Crippen molar-refractivity contribution in [3.8, 4) is 0 Å². The molecule has 0 bridgehead atoms. The second-order valence-corrected chi connectivity index (χ2v) is 5.86. The van der Waals surface area contributed by atoms with Crippen molar-refractivity contribution in [2.45, 2.75) is 32.9 Å².